The van der Waals surface area contributed by atoms with Crippen LogP contribution in [0.25, 0.3) is 0 Å². The topological polar surface area (TPSA) is 349 Å². The Morgan fingerprint density at radius 2 is 0.911 bits per heavy atom. The lowest BCUT2D eigenvalue weighted by Gasteiger charge is -2.26. The zero-order valence-electron chi connectivity index (χ0n) is 25.0. The SMILES string of the molecule is NCCCC[C@H](NC(=O)[C@H](CCCCN)NC(=O)[C@H](CCC(=O)O)NC(=O)[C@@H](N)CCC(=O)O)C(=O)N[C@@H](CC(N)=O)C(=O)O. The molecule has 0 aliphatic carbocycles. The molecule has 0 unspecified atom stereocenters. The summed E-state index contributed by atoms with van der Waals surface area (Å²) in [6, 6.07) is -7.06. The largest absolute Gasteiger partial charge is 0.481 e. The Morgan fingerprint density at radius 3 is 1.29 bits per heavy atom. The highest BCUT2D eigenvalue weighted by atomic mass is 16.4. The maximum Gasteiger partial charge on any atom is 0.326 e. The predicted octanol–water partition coefficient (Wildman–Crippen LogP) is -3.80. The van der Waals surface area contributed by atoms with Crippen LogP contribution in [-0.4, -0.2) is 106 Å². The lowest BCUT2D eigenvalue weighted by Crippen LogP contribution is -2.58. The second kappa shape index (κ2) is 22.2. The molecule has 0 aromatic heterocycles. The molecule has 0 saturated carbocycles. The van der Waals surface area contributed by atoms with Crippen molar-refractivity contribution in [1.82, 2.24) is 21.3 Å². The number of nitrogens with two attached hydrogens (primary N) is 4. The molecule has 0 aromatic rings. The van der Waals surface area contributed by atoms with E-state index in [0.717, 1.165) is 0 Å². The Labute approximate surface area is 259 Å². The smallest absolute Gasteiger partial charge is 0.326 e. The molecule has 5 amide bonds. The van der Waals surface area contributed by atoms with E-state index in [4.69, 9.17) is 33.1 Å². The first kappa shape index (κ1) is 40.6. The van der Waals surface area contributed by atoms with Gasteiger partial charge in [-0.2, -0.15) is 0 Å². The Balaban J connectivity index is 5.98. The van der Waals surface area contributed by atoms with E-state index in [1.54, 1.807) is 0 Å². The van der Waals surface area contributed by atoms with E-state index in [0.29, 0.717) is 25.7 Å². The molecule has 45 heavy (non-hydrogen) atoms. The molecule has 19 nitrogen and oxygen atoms in total. The van der Waals surface area contributed by atoms with E-state index in [1.165, 1.54) is 0 Å². The van der Waals surface area contributed by atoms with Crippen LogP contribution in [0.5, 0.6) is 0 Å². The molecule has 0 heterocycles. The third kappa shape index (κ3) is 18.1. The molecule has 0 fully saturated rings. The Hall–Kier alpha value is -4.36. The molecule has 0 spiro atoms. The summed E-state index contributed by atoms with van der Waals surface area (Å²) in [6.07, 6.45) is -0.703. The van der Waals surface area contributed by atoms with Crippen molar-refractivity contribution in [2.75, 3.05) is 13.1 Å². The standard InChI is InChI=1S/C26H46N8O11/c27-11-3-1-5-15(33-25(43)17(8-10-21(38)39)31-22(40)14(29)7-9-20(36)37)23(41)32-16(6-2-4-12-28)24(42)34-18(26(44)45)13-19(30)35/h14-18H,1-13,27-29H2,(H2,30,35)(H,31,40)(H,32,41)(H,33,43)(H,34,42)(H,36,37)(H,38,39)(H,44,45)/t14-,15-,16-,17-,18-/m0/s1. The van der Waals surface area contributed by atoms with Gasteiger partial charge in [-0.25, -0.2) is 4.79 Å². The molecular formula is C26H46N8O11. The minimum Gasteiger partial charge on any atom is -0.481 e. The zero-order chi connectivity index (χ0) is 34.5. The third-order valence-corrected chi connectivity index (χ3v) is 6.47. The number of primary amides is 1. The minimum atomic E-state index is -1.66. The summed E-state index contributed by atoms with van der Waals surface area (Å²) in [7, 11) is 0. The molecule has 0 aliphatic heterocycles. The molecule has 5 atom stereocenters. The minimum absolute atomic E-state index is 0.0169. The monoisotopic (exact) mass is 646 g/mol. The van der Waals surface area contributed by atoms with Gasteiger partial charge in [0.2, 0.25) is 29.5 Å². The van der Waals surface area contributed by atoms with Crippen molar-refractivity contribution in [3.05, 3.63) is 0 Å². The van der Waals surface area contributed by atoms with Crippen LogP contribution >= 0.6 is 0 Å². The average Bonchev–Trinajstić information content (AvgIpc) is 2.95. The summed E-state index contributed by atoms with van der Waals surface area (Å²) in [5, 5.41) is 36.7. The van der Waals surface area contributed by atoms with Crippen molar-refractivity contribution < 1.29 is 53.7 Å². The number of hydrogen-bond donors (Lipinski definition) is 11. The molecule has 19 heteroatoms. The van der Waals surface area contributed by atoms with Gasteiger partial charge in [-0.3, -0.25) is 33.6 Å². The molecule has 0 saturated heterocycles. The van der Waals surface area contributed by atoms with Gasteiger partial charge in [-0.1, -0.05) is 0 Å². The molecule has 256 valence electrons. The fraction of sp³-hybridized carbons (Fsp3) is 0.692. The second-order valence-electron chi connectivity index (χ2n) is 10.3. The highest BCUT2D eigenvalue weighted by Gasteiger charge is 2.32. The van der Waals surface area contributed by atoms with Crippen molar-refractivity contribution in [2.45, 2.75) is 101 Å². The van der Waals surface area contributed by atoms with Crippen LogP contribution in [0.1, 0.15) is 70.6 Å². The first-order valence-electron chi connectivity index (χ1n) is 14.4. The normalized spacial score (nSPS) is 14.1. The molecule has 0 rings (SSSR count). The number of rotatable bonds is 25. The maximum absolute atomic E-state index is 13.4. The van der Waals surface area contributed by atoms with E-state index in [1.807, 2.05) is 0 Å². The highest BCUT2D eigenvalue weighted by Crippen LogP contribution is 2.08. The van der Waals surface area contributed by atoms with Gasteiger partial charge in [0.15, 0.2) is 0 Å². The van der Waals surface area contributed by atoms with Gasteiger partial charge in [0, 0.05) is 12.8 Å². The zero-order valence-corrected chi connectivity index (χ0v) is 25.0. The number of unbranched alkanes of at least 4 members (excludes halogenated alkanes) is 2. The van der Waals surface area contributed by atoms with Gasteiger partial charge in [-0.05, 0) is 64.5 Å². The quantitative estimate of drug-likeness (QED) is 0.0424. The summed E-state index contributed by atoms with van der Waals surface area (Å²) in [5.74, 6) is -8.63. The van der Waals surface area contributed by atoms with Gasteiger partial charge in [0.25, 0.3) is 0 Å². The van der Waals surface area contributed by atoms with Crippen molar-refractivity contribution in [3.63, 3.8) is 0 Å². The summed E-state index contributed by atoms with van der Waals surface area (Å²) in [6.45, 7) is 0.525. The first-order valence-corrected chi connectivity index (χ1v) is 14.4. The van der Waals surface area contributed by atoms with E-state index < -0.39 is 103 Å². The summed E-state index contributed by atoms with van der Waals surface area (Å²) in [5.41, 5.74) is 21.8. The Kier molecular flexibility index (Phi) is 20.0. The number of carbonyl (C=O) groups is 8. The number of hydrogen-bond acceptors (Lipinski definition) is 11. The molecule has 15 N–H and O–H groups in total. The van der Waals surface area contributed by atoms with Crippen molar-refractivity contribution in [2.24, 2.45) is 22.9 Å². The lowest BCUT2D eigenvalue weighted by atomic mass is 10.0. The number of aliphatic carboxylic acids is 3. The highest BCUT2D eigenvalue weighted by molar-refractivity contribution is 5.96. The van der Waals surface area contributed by atoms with E-state index in [9.17, 15) is 43.5 Å². The van der Waals surface area contributed by atoms with Crippen LogP contribution in [-0.2, 0) is 38.4 Å². The summed E-state index contributed by atoms with van der Waals surface area (Å²) < 4.78 is 0. The van der Waals surface area contributed by atoms with Gasteiger partial charge >= 0.3 is 17.9 Å². The second-order valence-corrected chi connectivity index (χ2v) is 10.3. The average molecular weight is 647 g/mol. The summed E-state index contributed by atoms with van der Waals surface area (Å²) >= 11 is 0. The van der Waals surface area contributed by atoms with Crippen LogP contribution < -0.4 is 44.2 Å². The molecular weight excluding hydrogens is 600 g/mol. The predicted molar refractivity (Wildman–Crippen MR) is 157 cm³/mol. The van der Waals surface area contributed by atoms with Crippen LogP contribution in [0.15, 0.2) is 0 Å². The number of carboxylic acids is 3. The molecule has 0 aromatic carbocycles. The summed E-state index contributed by atoms with van der Waals surface area (Å²) in [4.78, 5) is 96.9. The fourth-order valence-electron chi connectivity index (χ4n) is 3.97. The Bertz CT molecular complexity index is 1040. The third-order valence-electron chi connectivity index (χ3n) is 6.47. The van der Waals surface area contributed by atoms with Crippen molar-refractivity contribution in [1.29, 1.82) is 0 Å². The van der Waals surface area contributed by atoms with Crippen LogP contribution in [0.2, 0.25) is 0 Å². The molecule has 0 aliphatic rings. The van der Waals surface area contributed by atoms with Crippen molar-refractivity contribution >= 4 is 47.4 Å². The number of carbonyl (C=O) groups excluding carboxylic acids is 5. The number of amides is 5. The lowest BCUT2D eigenvalue weighted by molar-refractivity contribution is -0.144. The first-order chi connectivity index (χ1) is 21.1. The Morgan fingerprint density at radius 1 is 0.533 bits per heavy atom. The van der Waals surface area contributed by atoms with E-state index >= 15 is 0 Å². The van der Waals surface area contributed by atoms with Crippen molar-refractivity contribution in [3.8, 4) is 0 Å². The van der Waals surface area contributed by atoms with Crippen LogP contribution in [0, 0.1) is 0 Å². The van der Waals surface area contributed by atoms with Gasteiger partial charge in [0.05, 0.1) is 12.5 Å². The fourth-order valence-corrected chi connectivity index (χ4v) is 3.97. The molecule has 0 radical (unpaired) electrons. The number of carboxylic acid groups (broad SMARTS) is 3. The van der Waals surface area contributed by atoms with E-state index in [-0.39, 0.29) is 32.4 Å². The van der Waals surface area contributed by atoms with Gasteiger partial charge < -0.3 is 59.5 Å². The van der Waals surface area contributed by atoms with Crippen LogP contribution in [0.4, 0.5) is 0 Å². The van der Waals surface area contributed by atoms with E-state index in [2.05, 4.69) is 21.3 Å². The number of nitrogens with one attached hydrogen (secondary N) is 4. The maximum atomic E-state index is 13.4. The van der Waals surface area contributed by atoms with Crippen LogP contribution in [0.3, 0.4) is 0 Å². The van der Waals surface area contributed by atoms with Gasteiger partial charge in [0.1, 0.15) is 24.2 Å². The molecule has 0 bridgehead atoms. The van der Waals surface area contributed by atoms with Gasteiger partial charge in [-0.15, -0.1) is 0 Å².